The molecule has 0 spiro atoms. The van der Waals surface area contributed by atoms with E-state index in [1.165, 1.54) is 6.07 Å². The summed E-state index contributed by atoms with van der Waals surface area (Å²) < 4.78 is 3.36. The van der Waals surface area contributed by atoms with Crippen molar-refractivity contribution >= 4 is 0 Å². The molecule has 0 saturated heterocycles. The Kier molecular flexibility index (Phi) is 5.32. The van der Waals surface area contributed by atoms with Crippen molar-refractivity contribution in [3.05, 3.63) is 107 Å². The summed E-state index contributed by atoms with van der Waals surface area (Å²) in [5.74, 6) is 0.626. The first kappa shape index (κ1) is 20.4. The third-order valence-electron chi connectivity index (χ3n) is 5.38. The van der Waals surface area contributed by atoms with E-state index < -0.39 is 0 Å². The summed E-state index contributed by atoms with van der Waals surface area (Å²) in [7, 11) is 1.84. The first-order chi connectivity index (χ1) is 16.1. The van der Waals surface area contributed by atoms with Crippen LogP contribution in [0.4, 0.5) is 0 Å². The minimum atomic E-state index is -0.103. The van der Waals surface area contributed by atoms with Gasteiger partial charge in [0.2, 0.25) is 5.43 Å². The van der Waals surface area contributed by atoms with E-state index in [1.807, 2.05) is 69.1 Å². The van der Waals surface area contributed by atoms with Crippen LogP contribution in [0.1, 0.15) is 16.8 Å². The van der Waals surface area contributed by atoms with E-state index in [1.54, 1.807) is 28.0 Å². The van der Waals surface area contributed by atoms with Gasteiger partial charge in [0.05, 0.1) is 12.4 Å². The lowest BCUT2D eigenvalue weighted by Gasteiger charge is -2.08. The number of nitrogens with zero attached hydrogens (tertiary/aromatic N) is 7. The second-order valence-electron chi connectivity index (χ2n) is 7.81. The summed E-state index contributed by atoms with van der Waals surface area (Å²) in [6.45, 7) is 2.01. The molecule has 0 bridgehead atoms. The number of rotatable bonds is 5. The molecular weight excluding hydrogens is 414 g/mol. The molecule has 5 aromatic rings. The lowest BCUT2D eigenvalue weighted by atomic mass is 10.0. The van der Waals surface area contributed by atoms with E-state index in [2.05, 4.69) is 25.1 Å². The van der Waals surface area contributed by atoms with E-state index in [0.29, 0.717) is 17.9 Å². The highest BCUT2D eigenvalue weighted by atomic mass is 16.1. The molecule has 0 radical (unpaired) electrons. The highest BCUT2D eigenvalue weighted by molar-refractivity contribution is 5.66. The van der Waals surface area contributed by atoms with Crippen LogP contribution >= 0.6 is 0 Å². The second kappa shape index (κ2) is 8.58. The van der Waals surface area contributed by atoms with Crippen LogP contribution in [0.2, 0.25) is 0 Å². The third kappa shape index (κ3) is 4.31. The maximum atomic E-state index is 12.4. The maximum Gasteiger partial charge on any atom is 0.203 e. The molecule has 0 fully saturated rings. The molecule has 162 valence electrons. The molecule has 1 aromatic carbocycles. The Labute approximate surface area is 190 Å². The van der Waals surface area contributed by atoms with E-state index >= 15 is 0 Å². The number of benzene rings is 1. The van der Waals surface area contributed by atoms with Crippen molar-refractivity contribution in [3.63, 3.8) is 0 Å². The smallest absolute Gasteiger partial charge is 0.203 e. The molecule has 0 N–H and O–H groups in total. The summed E-state index contributed by atoms with van der Waals surface area (Å²) in [5, 5.41) is 8.69. The molecule has 0 aliphatic carbocycles. The Hall–Kier alpha value is -4.46. The number of aryl methyl sites for hydroxylation is 2. The monoisotopic (exact) mass is 435 g/mol. The normalized spacial score (nSPS) is 11.0. The Morgan fingerprint density at radius 2 is 1.82 bits per heavy atom. The highest BCUT2D eigenvalue weighted by Gasteiger charge is 2.09. The molecule has 0 unspecified atom stereocenters. The van der Waals surface area contributed by atoms with E-state index in [0.717, 1.165) is 33.5 Å². The summed E-state index contributed by atoms with van der Waals surface area (Å²) in [6, 6.07) is 11.4. The first-order valence-electron chi connectivity index (χ1n) is 10.5. The van der Waals surface area contributed by atoms with Crippen LogP contribution in [-0.4, -0.2) is 34.5 Å². The fourth-order valence-corrected chi connectivity index (χ4v) is 3.67. The van der Waals surface area contributed by atoms with Gasteiger partial charge in [0, 0.05) is 61.6 Å². The molecule has 0 aliphatic heterocycles. The van der Waals surface area contributed by atoms with E-state index in [-0.39, 0.29) is 5.43 Å². The molecule has 8 nitrogen and oxygen atoms in total. The fraction of sp³-hybridized carbons (Fsp3) is 0.120. The van der Waals surface area contributed by atoms with Gasteiger partial charge in [-0.2, -0.15) is 10.2 Å². The van der Waals surface area contributed by atoms with Crippen LogP contribution in [-0.2, 0) is 13.5 Å². The van der Waals surface area contributed by atoms with Crippen molar-refractivity contribution in [1.29, 1.82) is 0 Å². The number of aromatic nitrogens is 7. The summed E-state index contributed by atoms with van der Waals surface area (Å²) in [4.78, 5) is 25.7. The Morgan fingerprint density at radius 1 is 0.970 bits per heavy atom. The van der Waals surface area contributed by atoms with Crippen molar-refractivity contribution in [2.24, 2.45) is 7.05 Å². The zero-order chi connectivity index (χ0) is 22.8. The van der Waals surface area contributed by atoms with E-state index in [4.69, 9.17) is 0 Å². The second-order valence-corrected chi connectivity index (χ2v) is 7.81. The van der Waals surface area contributed by atoms with Crippen molar-refractivity contribution in [3.8, 4) is 28.2 Å². The standard InChI is InChI=1S/C25H21N7O/c1-17-12-26-8-6-22(17)20-13-27-25(28-14-20)19-5-3-4-18(10-19)11-23-24(33)7-9-32(30-23)21-15-29-31(2)16-21/h3-10,12-16H,11H2,1-2H3. The minimum absolute atomic E-state index is 0.103. The predicted octanol–water partition coefficient (Wildman–Crippen LogP) is 3.38. The minimum Gasteiger partial charge on any atom is -0.288 e. The van der Waals surface area contributed by atoms with Gasteiger partial charge in [0.15, 0.2) is 5.82 Å². The van der Waals surface area contributed by atoms with Crippen LogP contribution < -0.4 is 5.43 Å². The number of pyridine rings is 1. The summed E-state index contributed by atoms with van der Waals surface area (Å²) in [6.07, 6.45) is 12.8. The fourth-order valence-electron chi connectivity index (χ4n) is 3.67. The van der Waals surface area contributed by atoms with Crippen LogP contribution in [0, 0.1) is 6.92 Å². The van der Waals surface area contributed by atoms with E-state index in [9.17, 15) is 4.79 Å². The molecule has 0 atom stereocenters. The third-order valence-corrected chi connectivity index (χ3v) is 5.38. The zero-order valence-electron chi connectivity index (χ0n) is 18.3. The molecule has 8 heteroatoms. The van der Waals surface area contributed by atoms with Crippen molar-refractivity contribution < 1.29 is 0 Å². The van der Waals surface area contributed by atoms with Crippen molar-refractivity contribution in [2.45, 2.75) is 13.3 Å². The molecule has 4 aromatic heterocycles. The van der Waals surface area contributed by atoms with Crippen molar-refractivity contribution in [2.75, 3.05) is 0 Å². The lowest BCUT2D eigenvalue weighted by molar-refractivity contribution is 0.762. The maximum absolute atomic E-state index is 12.4. The van der Waals surface area contributed by atoms with Gasteiger partial charge in [-0.25, -0.2) is 14.6 Å². The van der Waals surface area contributed by atoms with Gasteiger partial charge in [-0.3, -0.25) is 14.5 Å². The van der Waals surface area contributed by atoms with Gasteiger partial charge in [-0.05, 0) is 35.7 Å². The van der Waals surface area contributed by atoms with Crippen LogP contribution in [0.5, 0.6) is 0 Å². The molecule has 0 saturated carbocycles. The predicted molar refractivity (Wildman–Crippen MR) is 125 cm³/mol. The van der Waals surface area contributed by atoms with Gasteiger partial charge in [0.1, 0.15) is 11.4 Å². The SMILES string of the molecule is Cc1cnccc1-c1cnc(-c2cccc(Cc3nn(-c4cnn(C)c4)ccc3=O)c2)nc1. The quantitative estimate of drug-likeness (QED) is 0.420. The lowest BCUT2D eigenvalue weighted by Crippen LogP contribution is -2.16. The van der Waals surface area contributed by atoms with Gasteiger partial charge in [-0.15, -0.1) is 0 Å². The molecule has 4 heterocycles. The first-order valence-corrected chi connectivity index (χ1v) is 10.5. The average Bonchev–Trinajstić information content (AvgIpc) is 3.27. The van der Waals surface area contributed by atoms with Gasteiger partial charge >= 0.3 is 0 Å². The molecular formula is C25H21N7O. The Balaban J connectivity index is 1.41. The van der Waals surface area contributed by atoms with Gasteiger partial charge < -0.3 is 0 Å². The molecule has 5 rings (SSSR count). The van der Waals surface area contributed by atoms with Gasteiger partial charge in [0.25, 0.3) is 0 Å². The van der Waals surface area contributed by atoms with Crippen LogP contribution in [0.25, 0.3) is 28.2 Å². The molecule has 33 heavy (non-hydrogen) atoms. The number of hydrogen-bond acceptors (Lipinski definition) is 6. The van der Waals surface area contributed by atoms with Crippen LogP contribution in [0.3, 0.4) is 0 Å². The summed E-state index contributed by atoms with van der Waals surface area (Å²) in [5.41, 5.74) is 6.07. The van der Waals surface area contributed by atoms with Crippen molar-refractivity contribution in [1.82, 2.24) is 34.5 Å². The topological polar surface area (TPSA) is 91.4 Å². The highest BCUT2D eigenvalue weighted by Crippen LogP contribution is 2.23. The average molecular weight is 435 g/mol. The molecule has 0 amide bonds. The summed E-state index contributed by atoms with van der Waals surface area (Å²) >= 11 is 0. The Bertz CT molecular complexity index is 1490. The number of hydrogen-bond donors (Lipinski definition) is 0. The molecule has 0 aliphatic rings. The Morgan fingerprint density at radius 3 is 2.58 bits per heavy atom. The van der Waals surface area contributed by atoms with Gasteiger partial charge in [-0.1, -0.05) is 18.2 Å². The van der Waals surface area contributed by atoms with Crippen LogP contribution in [0.15, 0.2) is 84.6 Å². The largest absolute Gasteiger partial charge is 0.288 e. The zero-order valence-corrected chi connectivity index (χ0v) is 18.3.